The van der Waals surface area contributed by atoms with Gasteiger partial charge in [-0.2, -0.15) is 0 Å². The topological polar surface area (TPSA) is 79.1 Å². The molecule has 90 valence electrons. The molecule has 0 aromatic heterocycles. The molecular weight excluding hydrogens is 222 g/mol. The Hall–Kier alpha value is -2.04. The second-order valence-electron chi connectivity index (χ2n) is 3.95. The molecule has 0 spiro atoms. The molecular formula is C12H13NO4. The van der Waals surface area contributed by atoms with Gasteiger partial charge < -0.3 is 15.1 Å². The van der Waals surface area contributed by atoms with E-state index in [1.165, 1.54) is 0 Å². The first-order valence-electron chi connectivity index (χ1n) is 5.39. The molecule has 5 heteroatoms. The first kappa shape index (κ1) is 11.4. The molecule has 1 unspecified atom stereocenters. The highest BCUT2D eigenvalue weighted by atomic mass is 16.6. The second kappa shape index (κ2) is 4.86. The summed E-state index contributed by atoms with van der Waals surface area (Å²) in [6.07, 6.45) is 0.997. The Morgan fingerprint density at radius 1 is 1.41 bits per heavy atom. The summed E-state index contributed by atoms with van der Waals surface area (Å²) in [5.74, 6) is -0.623. The summed E-state index contributed by atoms with van der Waals surface area (Å²) in [4.78, 5) is 15.6. The van der Waals surface area contributed by atoms with Crippen molar-refractivity contribution in [3.63, 3.8) is 0 Å². The van der Waals surface area contributed by atoms with Crippen LogP contribution in [0.2, 0.25) is 0 Å². The minimum Gasteiger partial charge on any atom is -0.508 e. The summed E-state index contributed by atoms with van der Waals surface area (Å²) in [6.45, 7) is 0. The zero-order valence-electron chi connectivity index (χ0n) is 9.17. The zero-order valence-corrected chi connectivity index (χ0v) is 9.17. The zero-order chi connectivity index (χ0) is 12.3. The lowest BCUT2D eigenvalue weighted by Gasteiger charge is -2.05. The van der Waals surface area contributed by atoms with Gasteiger partial charge in [0.1, 0.15) is 11.9 Å². The lowest BCUT2D eigenvalue weighted by molar-refractivity contribution is -0.137. The smallest absolute Gasteiger partial charge is 0.303 e. The maximum Gasteiger partial charge on any atom is 0.303 e. The molecule has 2 rings (SSSR count). The fourth-order valence-corrected chi connectivity index (χ4v) is 1.69. The molecule has 1 atom stereocenters. The molecule has 17 heavy (non-hydrogen) atoms. The van der Waals surface area contributed by atoms with E-state index in [9.17, 15) is 4.79 Å². The molecule has 1 heterocycles. The van der Waals surface area contributed by atoms with E-state index in [4.69, 9.17) is 15.1 Å². The van der Waals surface area contributed by atoms with Crippen molar-refractivity contribution >= 4 is 11.7 Å². The Balaban J connectivity index is 1.93. The predicted octanol–water partition coefficient (Wildman–Crippen LogP) is 1.75. The number of hydrogen-bond acceptors (Lipinski definition) is 4. The average molecular weight is 235 g/mol. The molecule has 0 radical (unpaired) electrons. The lowest BCUT2D eigenvalue weighted by Crippen LogP contribution is -2.10. The van der Waals surface area contributed by atoms with Crippen molar-refractivity contribution in [1.29, 1.82) is 0 Å². The summed E-state index contributed by atoms with van der Waals surface area (Å²) < 4.78 is 0. The predicted molar refractivity (Wildman–Crippen MR) is 61.0 cm³/mol. The quantitative estimate of drug-likeness (QED) is 0.833. The van der Waals surface area contributed by atoms with Crippen molar-refractivity contribution in [2.75, 3.05) is 0 Å². The Morgan fingerprint density at radius 2 is 2.12 bits per heavy atom. The van der Waals surface area contributed by atoms with Gasteiger partial charge in [0.2, 0.25) is 0 Å². The number of carboxylic acids is 1. The molecule has 1 aromatic rings. The Labute approximate surface area is 98.3 Å². The van der Waals surface area contributed by atoms with E-state index in [0.29, 0.717) is 12.8 Å². The maximum absolute atomic E-state index is 10.4. The van der Waals surface area contributed by atoms with E-state index < -0.39 is 5.97 Å². The molecule has 1 aromatic carbocycles. The summed E-state index contributed by atoms with van der Waals surface area (Å²) in [5.41, 5.74) is 1.68. The van der Waals surface area contributed by atoms with Crippen LogP contribution in [-0.4, -0.2) is 28.0 Å². The van der Waals surface area contributed by atoms with Crippen LogP contribution in [0.4, 0.5) is 0 Å². The standard InChI is InChI=1S/C12H13NO4/c14-9-3-1-8(2-4-9)11-7-10(17-13-11)5-6-12(15)16/h1-4,10,14H,5-7H2,(H,15,16). The number of phenolic OH excluding ortho intramolecular Hbond substituents is 1. The number of benzene rings is 1. The summed E-state index contributed by atoms with van der Waals surface area (Å²) >= 11 is 0. The number of phenols is 1. The maximum atomic E-state index is 10.4. The van der Waals surface area contributed by atoms with E-state index in [1.807, 2.05) is 0 Å². The molecule has 5 nitrogen and oxygen atoms in total. The highest BCUT2D eigenvalue weighted by Crippen LogP contribution is 2.21. The highest BCUT2D eigenvalue weighted by Gasteiger charge is 2.22. The van der Waals surface area contributed by atoms with Gasteiger partial charge in [0, 0.05) is 12.8 Å². The van der Waals surface area contributed by atoms with Gasteiger partial charge in [-0.05, 0) is 36.2 Å². The van der Waals surface area contributed by atoms with Gasteiger partial charge in [0.25, 0.3) is 0 Å². The molecule has 2 N–H and O–H groups in total. The number of hydrogen-bond donors (Lipinski definition) is 2. The van der Waals surface area contributed by atoms with E-state index in [-0.39, 0.29) is 18.3 Å². The number of oxime groups is 1. The van der Waals surface area contributed by atoms with E-state index >= 15 is 0 Å². The summed E-state index contributed by atoms with van der Waals surface area (Å²) in [5, 5.41) is 21.7. The van der Waals surface area contributed by atoms with E-state index in [0.717, 1.165) is 11.3 Å². The first-order chi connectivity index (χ1) is 8.15. The SMILES string of the molecule is O=C(O)CCC1CC(c2ccc(O)cc2)=NO1. The van der Waals surface area contributed by atoms with Crippen molar-refractivity contribution in [2.45, 2.75) is 25.4 Å². The number of aromatic hydroxyl groups is 1. The monoisotopic (exact) mass is 235 g/mol. The Morgan fingerprint density at radius 3 is 2.76 bits per heavy atom. The second-order valence-corrected chi connectivity index (χ2v) is 3.95. The third-order valence-electron chi connectivity index (χ3n) is 2.61. The molecule has 0 aliphatic carbocycles. The highest BCUT2D eigenvalue weighted by molar-refractivity contribution is 6.01. The number of aliphatic carboxylic acids is 1. The van der Waals surface area contributed by atoms with Crippen LogP contribution in [0.3, 0.4) is 0 Å². The molecule has 0 fully saturated rings. The van der Waals surface area contributed by atoms with Crippen LogP contribution in [-0.2, 0) is 9.63 Å². The van der Waals surface area contributed by atoms with Gasteiger partial charge in [-0.3, -0.25) is 4.79 Å². The van der Waals surface area contributed by atoms with Crippen LogP contribution in [0.25, 0.3) is 0 Å². The normalized spacial score (nSPS) is 18.6. The van der Waals surface area contributed by atoms with Gasteiger partial charge >= 0.3 is 5.97 Å². The lowest BCUT2D eigenvalue weighted by atomic mass is 10.0. The Kier molecular flexibility index (Phi) is 3.27. The fraction of sp³-hybridized carbons (Fsp3) is 0.333. The summed E-state index contributed by atoms with van der Waals surface area (Å²) in [7, 11) is 0. The van der Waals surface area contributed by atoms with Crippen molar-refractivity contribution < 1.29 is 19.8 Å². The van der Waals surface area contributed by atoms with Crippen LogP contribution in [0, 0.1) is 0 Å². The molecule has 1 aliphatic rings. The largest absolute Gasteiger partial charge is 0.508 e. The fourth-order valence-electron chi connectivity index (χ4n) is 1.69. The van der Waals surface area contributed by atoms with Gasteiger partial charge in [0.15, 0.2) is 0 Å². The van der Waals surface area contributed by atoms with Crippen LogP contribution in [0.5, 0.6) is 5.75 Å². The number of rotatable bonds is 4. The summed E-state index contributed by atoms with van der Waals surface area (Å²) in [6, 6.07) is 6.69. The minimum atomic E-state index is -0.827. The first-order valence-corrected chi connectivity index (χ1v) is 5.39. The van der Waals surface area contributed by atoms with Gasteiger partial charge in [-0.15, -0.1) is 0 Å². The van der Waals surface area contributed by atoms with Crippen LogP contribution in [0.1, 0.15) is 24.8 Å². The van der Waals surface area contributed by atoms with Gasteiger partial charge in [-0.1, -0.05) is 5.16 Å². The molecule has 0 saturated carbocycles. The van der Waals surface area contributed by atoms with Crippen molar-refractivity contribution in [3.8, 4) is 5.75 Å². The third kappa shape index (κ3) is 2.96. The minimum absolute atomic E-state index is 0.0864. The van der Waals surface area contributed by atoms with Gasteiger partial charge in [0.05, 0.1) is 5.71 Å². The third-order valence-corrected chi connectivity index (χ3v) is 2.61. The number of carbonyl (C=O) groups is 1. The average Bonchev–Trinajstić information content (AvgIpc) is 2.76. The van der Waals surface area contributed by atoms with Crippen molar-refractivity contribution in [2.24, 2.45) is 5.16 Å². The van der Waals surface area contributed by atoms with E-state index in [2.05, 4.69) is 5.16 Å². The molecule has 0 saturated heterocycles. The van der Waals surface area contributed by atoms with E-state index in [1.54, 1.807) is 24.3 Å². The number of carboxylic acid groups (broad SMARTS) is 1. The van der Waals surface area contributed by atoms with Crippen LogP contribution >= 0.6 is 0 Å². The van der Waals surface area contributed by atoms with Gasteiger partial charge in [-0.25, -0.2) is 0 Å². The van der Waals surface area contributed by atoms with Crippen molar-refractivity contribution in [1.82, 2.24) is 0 Å². The van der Waals surface area contributed by atoms with Crippen LogP contribution in [0.15, 0.2) is 29.4 Å². The number of nitrogens with zero attached hydrogens (tertiary/aromatic N) is 1. The molecule has 0 bridgehead atoms. The Bertz CT molecular complexity index is 438. The van der Waals surface area contributed by atoms with Crippen molar-refractivity contribution in [3.05, 3.63) is 29.8 Å². The van der Waals surface area contributed by atoms with Crippen LogP contribution < -0.4 is 0 Å². The molecule has 1 aliphatic heterocycles. The molecule has 0 amide bonds.